The molecule has 9 aromatic carbocycles. The van der Waals surface area contributed by atoms with Gasteiger partial charge in [0.25, 0.3) is 30.4 Å². The van der Waals surface area contributed by atoms with E-state index in [1.807, 2.05) is 91.0 Å². The first kappa shape index (κ1) is 79.1. The average Bonchev–Trinajstić information content (AvgIpc) is 0.775. The Morgan fingerprint density at radius 1 is 0.306 bits per heavy atom. The van der Waals surface area contributed by atoms with Gasteiger partial charge in [-0.25, -0.2) is 0 Å². The van der Waals surface area contributed by atoms with Crippen molar-refractivity contribution in [3.8, 4) is 5.75 Å². The first-order valence-corrected chi connectivity index (χ1v) is 42.7. The van der Waals surface area contributed by atoms with Gasteiger partial charge in [0, 0.05) is 21.2 Å². The molecule has 16 heteroatoms. The number of ether oxygens (including phenoxy) is 1. The Bertz CT molecular complexity index is 4310. The summed E-state index contributed by atoms with van der Waals surface area (Å²) in [6.07, 6.45) is 11.9. The SMILES string of the molecule is CC(C)c1ccccc1P(c1ccccc1C(C)C)c1ccccc1S(=O)(=O)O.CCCCCCc1ccc(P(c2ccc(CCCCCC)cc2C(C)C)c2ccccc2S(=O)(=O)O)c(C(C)C)c1.COc1ccccc1P(c1ccccc1C(C)C)c1ccccc1S(=O)(=O)O. The van der Waals surface area contributed by atoms with E-state index in [4.69, 9.17) is 4.74 Å². The number of rotatable bonds is 28. The largest absolute Gasteiger partial charge is 0.496 e. The standard InChI is InChI=1S/C36H51O3PS.C24H27O3PS.C22H23O4PS/c1-7-9-11-13-17-29-21-23-33(31(25-29)27(3)4)40(35-19-15-16-20-36(35)41(37,38)39)34-24-22-30(18-14-12-10-8-2)26-32(34)28(5)6;1-17(2)19-11-5-7-13-21(19)28(22-14-8-6-12-20(22)18(3)4)23-15-9-10-16-24(23)29(25,26)27;1-16(2)17-10-4-6-12-19(17)27(20-13-7-5-11-18(20)26-3)21-14-8-9-15-22(21)28(23,24)25/h15-16,19-28H,7-14,17-18H2,1-6H3,(H,37,38,39);5-18H,1-4H3,(H,25,26,27);4-16H,1-3H3,(H,23,24,25). The Morgan fingerprint density at radius 3 is 0.847 bits per heavy atom. The fourth-order valence-corrected chi connectivity index (χ4v) is 24.7. The summed E-state index contributed by atoms with van der Waals surface area (Å²) in [4.78, 5) is -0.0587. The fraction of sp³-hybridized carbons (Fsp3) is 0.341. The number of benzene rings is 9. The molecule has 0 aliphatic rings. The van der Waals surface area contributed by atoms with E-state index in [2.05, 4.69) is 150 Å². The Labute approximate surface area is 591 Å². The Balaban J connectivity index is 0.000000212. The monoisotopic (exact) mass is 1430 g/mol. The van der Waals surface area contributed by atoms with Gasteiger partial charge < -0.3 is 4.74 Å². The van der Waals surface area contributed by atoms with Crippen LogP contribution in [0.2, 0.25) is 0 Å². The van der Waals surface area contributed by atoms with E-state index in [1.54, 1.807) is 43.5 Å². The van der Waals surface area contributed by atoms with Crippen LogP contribution in [0.15, 0.2) is 221 Å². The molecule has 1 unspecified atom stereocenters. The lowest BCUT2D eigenvalue weighted by molar-refractivity contribution is 0.418. The second-order valence-electron chi connectivity index (χ2n) is 26.4. The van der Waals surface area contributed by atoms with Crippen LogP contribution in [0.1, 0.15) is 203 Å². The third-order valence-corrected chi connectivity index (χ3v) is 28.5. The molecule has 9 rings (SSSR count). The van der Waals surface area contributed by atoms with Crippen LogP contribution in [0.25, 0.3) is 0 Å². The van der Waals surface area contributed by atoms with Crippen molar-refractivity contribution in [2.75, 3.05) is 7.11 Å². The fourth-order valence-electron chi connectivity index (χ4n) is 12.5. The highest BCUT2D eigenvalue weighted by Gasteiger charge is 2.33. The van der Waals surface area contributed by atoms with Gasteiger partial charge in [-0.1, -0.05) is 304 Å². The molecule has 0 aliphatic carbocycles. The maximum atomic E-state index is 12.7. The van der Waals surface area contributed by atoms with Crippen LogP contribution in [0.3, 0.4) is 0 Å². The molecule has 0 saturated heterocycles. The number of hydrogen-bond donors (Lipinski definition) is 3. The molecule has 0 bridgehead atoms. The van der Waals surface area contributed by atoms with Gasteiger partial charge in [0.1, 0.15) is 20.4 Å². The molecule has 1 atom stereocenters. The highest BCUT2D eigenvalue weighted by molar-refractivity contribution is 7.89. The van der Waals surface area contributed by atoms with E-state index in [9.17, 15) is 38.9 Å². The van der Waals surface area contributed by atoms with Gasteiger partial charge in [-0.2, -0.15) is 25.3 Å². The van der Waals surface area contributed by atoms with Gasteiger partial charge in [0.15, 0.2) is 0 Å². The van der Waals surface area contributed by atoms with E-state index in [1.165, 1.54) is 107 Å². The molecule has 3 N–H and O–H groups in total. The Kier molecular flexibility index (Phi) is 29.8. The Hall–Kier alpha value is -6.20. The first-order valence-electron chi connectivity index (χ1n) is 34.4. The molecule has 0 aliphatic heterocycles. The molecule has 0 aromatic heterocycles. The maximum absolute atomic E-state index is 12.7. The molecule has 9 aromatic rings. The third kappa shape index (κ3) is 20.7. The lowest BCUT2D eigenvalue weighted by Gasteiger charge is -2.28. The summed E-state index contributed by atoms with van der Waals surface area (Å²) < 4.78 is 110. The van der Waals surface area contributed by atoms with Crippen molar-refractivity contribution >= 4 is 102 Å². The minimum atomic E-state index is -4.40. The highest BCUT2D eigenvalue weighted by atomic mass is 32.2. The van der Waals surface area contributed by atoms with Crippen molar-refractivity contribution in [2.45, 2.75) is 192 Å². The van der Waals surface area contributed by atoms with Gasteiger partial charge in [0.05, 0.1) is 7.11 Å². The topological polar surface area (TPSA) is 172 Å². The third-order valence-electron chi connectivity index (χ3n) is 17.4. The number of hydrogen-bond acceptors (Lipinski definition) is 7. The predicted molar refractivity (Wildman–Crippen MR) is 418 cm³/mol. The molecule has 0 saturated carbocycles. The van der Waals surface area contributed by atoms with Gasteiger partial charge in [-0.15, -0.1) is 0 Å². The van der Waals surface area contributed by atoms with Gasteiger partial charge in [-0.05, 0) is 169 Å². The van der Waals surface area contributed by atoms with Crippen LogP contribution < -0.4 is 52.5 Å². The molecular formula is C82H101O10P3S3. The zero-order chi connectivity index (χ0) is 71.5. The van der Waals surface area contributed by atoms with E-state index in [0.29, 0.717) is 33.5 Å². The normalized spacial score (nSPS) is 12.3. The van der Waals surface area contributed by atoms with E-state index < -0.39 is 54.1 Å². The molecule has 98 heavy (non-hydrogen) atoms. The average molecular weight is 1440 g/mol. The van der Waals surface area contributed by atoms with Crippen molar-refractivity contribution in [3.63, 3.8) is 0 Å². The van der Waals surface area contributed by atoms with E-state index in [-0.39, 0.29) is 32.4 Å². The first-order chi connectivity index (χ1) is 46.6. The number of unbranched alkanes of at least 4 members (excludes halogenated alkanes) is 6. The van der Waals surface area contributed by atoms with Crippen LogP contribution in [0, 0.1) is 0 Å². The number of methoxy groups -OCH3 is 1. The molecule has 10 nitrogen and oxygen atoms in total. The van der Waals surface area contributed by atoms with Gasteiger partial charge >= 0.3 is 0 Å². The summed E-state index contributed by atoms with van der Waals surface area (Å²) in [5.41, 5.74) is 8.77. The smallest absolute Gasteiger partial charge is 0.295 e. The zero-order valence-electron chi connectivity index (χ0n) is 59.4. The quantitative estimate of drug-likeness (QED) is 0.0243. The predicted octanol–water partition coefficient (Wildman–Crippen LogP) is 17.9. The molecule has 0 radical (unpaired) electrons. The minimum Gasteiger partial charge on any atom is -0.496 e. The second kappa shape index (κ2) is 36.9. The van der Waals surface area contributed by atoms with Crippen LogP contribution >= 0.6 is 23.8 Å². The summed E-state index contributed by atoms with van der Waals surface area (Å²) in [5.74, 6) is 2.10. The number of aryl methyl sites for hydroxylation is 2. The van der Waals surface area contributed by atoms with Crippen molar-refractivity contribution < 1.29 is 43.6 Å². The van der Waals surface area contributed by atoms with Crippen LogP contribution in [0.5, 0.6) is 5.75 Å². The number of para-hydroxylation sites is 1. The van der Waals surface area contributed by atoms with Crippen LogP contribution in [-0.2, 0) is 43.2 Å². The molecule has 522 valence electrons. The minimum absolute atomic E-state index is 0.0109. The molecule has 0 heterocycles. The molecular weight excluding hydrogens is 1330 g/mol. The van der Waals surface area contributed by atoms with Gasteiger partial charge in [0.2, 0.25) is 0 Å². The summed E-state index contributed by atoms with van der Waals surface area (Å²) in [6, 6.07) is 66.4. The molecule has 0 spiro atoms. The summed E-state index contributed by atoms with van der Waals surface area (Å²) in [5, 5.41) is 8.51. The summed E-state index contributed by atoms with van der Waals surface area (Å²) in [6.45, 7) is 26.2. The molecule has 0 amide bonds. The molecule has 0 fully saturated rings. The summed E-state index contributed by atoms with van der Waals surface area (Å²) >= 11 is 0. The highest BCUT2D eigenvalue weighted by Crippen LogP contribution is 2.44. The zero-order valence-corrected chi connectivity index (χ0v) is 64.5. The van der Waals surface area contributed by atoms with E-state index in [0.717, 1.165) is 39.6 Å². The maximum Gasteiger partial charge on any atom is 0.295 e. The lowest BCUT2D eigenvalue weighted by atomic mass is 9.98. The summed E-state index contributed by atoms with van der Waals surface area (Å²) in [7, 11) is -15.2. The van der Waals surface area contributed by atoms with E-state index >= 15 is 0 Å². The lowest BCUT2D eigenvalue weighted by Crippen LogP contribution is -2.29. The van der Waals surface area contributed by atoms with Crippen molar-refractivity contribution in [3.05, 3.63) is 245 Å². The van der Waals surface area contributed by atoms with Crippen molar-refractivity contribution in [2.24, 2.45) is 0 Å². The van der Waals surface area contributed by atoms with Crippen LogP contribution in [-0.4, -0.2) is 46.0 Å². The van der Waals surface area contributed by atoms with Crippen LogP contribution in [0.4, 0.5) is 0 Å². The van der Waals surface area contributed by atoms with Crippen molar-refractivity contribution in [1.82, 2.24) is 0 Å². The Morgan fingerprint density at radius 2 is 0.561 bits per heavy atom. The second-order valence-corrected chi connectivity index (χ2v) is 36.9. The van der Waals surface area contributed by atoms with Crippen molar-refractivity contribution in [1.29, 1.82) is 0 Å². The van der Waals surface area contributed by atoms with Gasteiger partial charge in [-0.3, -0.25) is 13.7 Å².